The van der Waals surface area contributed by atoms with E-state index in [2.05, 4.69) is 15.3 Å². The van der Waals surface area contributed by atoms with E-state index in [0.29, 0.717) is 13.1 Å². The Morgan fingerprint density at radius 1 is 1.33 bits per heavy atom. The van der Waals surface area contributed by atoms with Crippen molar-refractivity contribution in [3.63, 3.8) is 0 Å². The fraction of sp³-hybridized carbons (Fsp3) is 0.583. The number of hydrogen-bond donors (Lipinski definition) is 1. The second-order valence-electron chi connectivity index (χ2n) is 4.63. The van der Waals surface area contributed by atoms with Gasteiger partial charge < -0.3 is 5.32 Å². The molecule has 0 radical (unpaired) electrons. The van der Waals surface area contributed by atoms with Gasteiger partial charge in [-0.25, -0.2) is 17.7 Å². The van der Waals surface area contributed by atoms with E-state index in [-0.39, 0.29) is 18.0 Å². The second-order valence-corrected chi connectivity index (χ2v) is 7.94. The van der Waals surface area contributed by atoms with Gasteiger partial charge in [0, 0.05) is 37.3 Å². The Balaban J connectivity index is 1.83. The molecule has 1 N–H and O–H groups in total. The number of aryl methyl sites for hydroxylation is 1. The van der Waals surface area contributed by atoms with Gasteiger partial charge in [-0.15, -0.1) is 0 Å². The number of thioether (sulfide) groups is 1. The van der Waals surface area contributed by atoms with Crippen LogP contribution in [0, 0.1) is 6.92 Å². The first-order chi connectivity index (χ1) is 9.99. The average Bonchev–Trinajstić information content (AvgIpc) is 2.48. The predicted molar refractivity (Wildman–Crippen MR) is 81.8 cm³/mol. The second kappa shape index (κ2) is 7.19. The first kappa shape index (κ1) is 16.2. The number of sulfonamides is 1. The van der Waals surface area contributed by atoms with Crippen molar-refractivity contribution in [2.24, 2.45) is 0 Å². The highest BCUT2D eigenvalue weighted by Crippen LogP contribution is 2.12. The van der Waals surface area contributed by atoms with E-state index in [4.69, 9.17) is 0 Å². The van der Waals surface area contributed by atoms with E-state index >= 15 is 0 Å². The van der Waals surface area contributed by atoms with Gasteiger partial charge in [-0.05, 0) is 6.92 Å². The van der Waals surface area contributed by atoms with Gasteiger partial charge in [-0.1, -0.05) is 0 Å². The van der Waals surface area contributed by atoms with Gasteiger partial charge in [-0.3, -0.25) is 9.78 Å². The Kier molecular flexibility index (Phi) is 5.54. The molecule has 1 fully saturated rings. The van der Waals surface area contributed by atoms with Crippen LogP contribution in [-0.2, 0) is 10.0 Å². The lowest BCUT2D eigenvalue weighted by atomic mass is 10.4. The molecule has 0 aliphatic carbocycles. The third-order valence-electron chi connectivity index (χ3n) is 3.02. The molecular formula is C12H18N4O3S2. The van der Waals surface area contributed by atoms with Crippen molar-refractivity contribution < 1.29 is 13.2 Å². The molecule has 21 heavy (non-hydrogen) atoms. The number of nitrogens with zero attached hydrogens (tertiary/aromatic N) is 3. The predicted octanol–water partition coefficient (Wildman–Crippen LogP) is -0.107. The van der Waals surface area contributed by atoms with Crippen LogP contribution in [-0.4, -0.2) is 65.5 Å². The molecule has 1 aliphatic heterocycles. The fourth-order valence-electron chi connectivity index (χ4n) is 1.85. The Hall–Kier alpha value is -1.19. The summed E-state index contributed by atoms with van der Waals surface area (Å²) in [6, 6.07) is 0. The SMILES string of the molecule is Cc1cnc(C(=O)NCCS(=O)(=O)N2CCSCC2)cn1. The molecule has 2 rings (SSSR count). The van der Waals surface area contributed by atoms with Crippen LogP contribution in [0.2, 0.25) is 0 Å². The van der Waals surface area contributed by atoms with Crippen LogP contribution in [0.1, 0.15) is 16.2 Å². The molecule has 1 aliphatic rings. The average molecular weight is 330 g/mol. The molecule has 0 bridgehead atoms. The molecule has 1 amide bonds. The number of amides is 1. The van der Waals surface area contributed by atoms with Gasteiger partial charge in [-0.2, -0.15) is 11.8 Å². The Labute approximate surface area is 128 Å². The van der Waals surface area contributed by atoms with E-state index in [1.54, 1.807) is 18.7 Å². The van der Waals surface area contributed by atoms with Crippen LogP contribution in [0.25, 0.3) is 0 Å². The fourth-order valence-corrected chi connectivity index (χ4v) is 4.34. The topological polar surface area (TPSA) is 92.3 Å². The summed E-state index contributed by atoms with van der Waals surface area (Å²) in [6.07, 6.45) is 2.87. The minimum Gasteiger partial charge on any atom is -0.350 e. The zero-order valence-corrected chi connectivity index (χ0v) is 13.4. The van der Waals surface area contributed by atoms with Crippen LogP contribution in [0.4, 0.5) is 0 Å². The smallest absolute Gasteiger partial charge is 0.271 e. The van der Waals surface area contributed by atoms with Crippen molar-refractivity contribution in [2.45, 2.75) is 6.92 Å². The lowest BCUT2D eigenvalue weighted by Gasteiger charge is -2.25. The van der Waals surface area contributed by atoms with Crippen molar-refractivity contribution in [3.8, 4) is 0 Å². The molecular weight excluding hydrogens is 312 g/mol. The van der Waals surface area contributed by atoms with Crippen LogP contribution >= 0.6 is 11.8 Å². The summed E-state index contributed by atoms with van der Waals surface area (Å²) in [4.78, 5) is 19.7. The Morgan fingerprint density at radius 2 is 2.05 bits per heavy atom. The number of hydrogen-bond acceptors (Lipinski definition) is 6. The first-order valence-corrected chi connectivity index (χ1v) is 9.38. The van der Waals surface area contributed by atoms with Gasteiger partial charge in [0.2, 0.25) is 10.0 Å². The summed E-state index contributed by atoms with van der Waals surface area (Å²) in [6.45, 7) is 2.94. The van der Waals surface area contributed by atoms with E-state index in [1.165, 1.54) is 16.7 Å². The lowest BCUT2D eigenvalue weighted by Crippen LogP contribution is -2.42. The minimum atomic E-state index is -3.30. The maximum Gasteiger partial charge on any atom is 0.271 e. The van der Waals surface area contributed by atoms with Crippen molar-refractivity contribution in [1.29, 1.82) is 0 Å². The summed E-state index contributed by atoms with van der Waals surface area (Å²) < 4.78 is 25.7. The molecule has 1 saturated heterocycles. The first-order valence-electron chi connectivity index (χ1n) is 6.61. The van der Waals surface area contributed by atoms with Crippen LogP contribution < -0.4 is 5.32 Å². The van der Waals surface area contributed by atoms with E-state index < -0.39 is 15.9 Å². The molecule has 1 aromatic heterocycles. The normalized spacial score (nSPS) is 16.6. The number of carbonyl (C=O) groups is 1. The zero-order valence-electron chi connectivity index (χ0n) is 11.8. The molecule has 116 valence electrons. The number of rotatable bonds is 5. The molecule has 9 heteroatoms. The Bertz CT molecular complexity index is 583. The summed E-state index contributed by atoms with van der Waals surface area (Å²) >= 11 is 1.75. The molecule has 1 aromatic rings. The largest absolute Gasteiger partial charge is 0.350 e. The van der Waals surface area contributed by atoms with Crippen molar-refractivity contribution in [3.05, 3.63) is 23.8 Å². The third kappa shape index (κ3) is 4.65. The molecule has 0 saturated carbocycles. The highest BCUT2D eigenvalue weighted by Gasteiger charge is 2.23. The summed E-state index contributed by atoms with van der Waals surface area (Å²) in [7, 11) is -3.30. The quantitative estimate of drug-likeness (QED) is 0.810. The van der Waals surface area contributed by atoms with Gasteiger partial charge in [0.05, 0.1) is 17.6 Å². The van der Waals surface area contributed by atoms with Gasteiger partial charge in [0.15, 0.2) is 0 Å². The molecule has 0 aromatic carbocycles. The monoisotopic (exact) mass is 330 g/mol. The number of carbonyl (C=O) groups excluding carboxylic acids is 1. The van der Waals surface area contributed by atoms with Crippen molar-refractivity contribution >= 4 is 27.7 Å². The highest BCUT2D eigenvalue weighted by molar-refractivity contribution is 7.99. The number of aromatic nitrogens is 2. The van der Waals surface area contributed by atoms with E-state index in [0.717, 1.165) is 17.2 Å². The van der Waals surface area contributed by atoms with Crippen LogP contribution in [0.5, 0.6) is 0 Å². The van der Waals surface area contributed by atoms with Crippen molar-refractivity contribution in [1.82, 2.24) is 19.6 Å². The highest BCUT2D eigenvalue weighted by atomic mass is 32.2. The van der Waals surface area contributed by atoms with Gasteiger partial charge in [0.1, 0.15) is 5.69 Å². The molecule has 0 spiro atoms. The molecule has 2 heterocycles. The van der Waals surface area contributed by atoms with Crippen molar-refractivity contribution in [2.75, 3.05) is 36.9 Å². The molecule has 0 atom stereocenters. The standard InChI is InChI=1S/C12H18N4O3S2/c1-10-8-15-11(9-14-10)12(17)13-2-7-21(18,19)16-3-5-20-6-4-16/h8-9H,2-7H2,1H3,(H,13,17). The third-order valence-corrected chi connectivity index (χ3v) is 5.84. The number of nitrogens with one attached hydrogen (secondary N) is 1. The molecule has 7 nitrogen and oxygen atoms in total. The lowest BCUT2D eigenvalue weighted by molar-refractivity contribution is 0.0950. The minimum absolute atomic E-state index is 0.0698. The maximum atomic E-state index is 12.1. The van der Waals surface area contributed by atoms with Gasteiger partial charge >= 0.3 is 0 Å². The van der Waals surface area contributed by atoms with Crippen LogP contribution in [0.3, 0.4) is 0 Å². The van der Waals surface area contributed by atoms with Gasteiger partial charge in [0.25, 0.3) is 5.91 Å². The summed E-state index contributed by atoms with van der Waals surface area (Å²) in [5, 5.41) is 2.56. The van der Waals surface area contributed by atoms with E-state index in [9.17, 15) is 13.2 Å². The summed E-state index contributed by atoms with van der Waals surface area (Å²) in [5.74, 6) is 1.14. The zero-order chi connectivity index (χ0) is 15.3. The summed E-state index contributed by atoms with van der Waals surface area (Å²) in [5.41, 5.74) is 0.907. The van der Waals surface area contributed by atoms with E-state index in [1.807, 2.05) is 0 Å². The van der Waals surface area contributed by atoms with Crippen LogP contribution in [0.15, 0.2) is 12.4 Å². The molecule has 0 unspecified atom stereocenters. The Morgan fingerprint density at radius 3 is 2.67 bits per heavy atom. The maximum absolute atomic E-state index is 12.1.